The van der Waals surface area contributed by atoms with Crippen LogP contribution in [0.1, 0.15) is 5.56 Å². The molecule has 0 saturated carbocycles. The lowest BCUT2D eigenvalue weighted by Gasteiger charge is -2.21. The smallest absolute Gasteiger partial charge is 0.110 e. The number of nitrogens with zero attached hydrogens (tertiary/aromatic N) is 3. The topological polar surface area (TPSA) is 18.8 Å². The molecule has 0 bridgehead atoms. The van der Waals surface area contributed by atoms with Crippen LogP contribution in [0.2, 0.25) is 0 Å². The SMILES string of the molecule is CN(C)c1ccc(CN2C=c3ccccc3=NC2)cc1. The summed E-state index contributed by atoms with van der Waals surface area (Å²) in [7, 11) is 4.12. The third kappa shape index (κ3) is 2.67. The van der Waals surface area contributed by atoms with Crippen molar-refractivity contribution >= 4 is 11.9 Å². The molecule has 0 spiro atoms. The van der Waals surface area contributed by atoms with Gasteiger partial charge in [0.2, 0.25) is 0 Å². The Bertz CT molecular complexity index is 702. The fraction of sp³-hybridized carbons (Fsp3) is 0.235. The van der Waals surface area contributed by atoms with Gasteiger partial charge in [-0.1, -0.05) is 30.3 Å². The first-order valence-electron chi connectivity index (χ1n) is 6.84. The van der Waals surface area contributed by atoms with Crippen LogP contribution in [-0.2, 0) is 6.54 Å². The second kappa shape index (κ2) is 5.37. The fourth-order valence-corrected chi connectivity index (χ4v) is 2.37. The highest BCUT2D eigenvalue weighted by molar-refractivity contribution is 5.46. The first-order valence-corrected chi connectivity index (χ1v) is 6.84. The van der Waals surface area contributed by atoms with E-state index in [1.54, 1.807) is 0 Å². The quantitative estimate of drug-likeness (QED) is 0.839. The molecule has 0 saturated heterocycles. The molecule has 102 valence electrons. The van der Waals surface area contributed by atoms with E-state index in [1.807, 2.05) is 6.07 Å². The molecule has 0 fully saturated rings. The summed E-state index contributed by atoms with van der Waals surface area (Å²) in [5.41, 5.74) is 2.54. The second-order valence-corrected chi connectivity index (χ2v) is 5.30. The summed E-state index contributed by atoms with van der Waals surface area (Å²) in [6, 6.07) is 16.9. The van der Waals surface area contributed by atoms with Crippen LogP contribution in [0.15, 0.2) is 53.5 Å². The summed E-state index contributed by atoms with van der Waals surface area (Å²) >= 11 is 0. The molecular weight excluding hydrogens is 246 g/mol. The predicted molar refractivity (Wildman–Crippen MR) is 82.9 cm³/mol. The summed E-state index contributed by atoms with van der Waals surface area (Å²) in [6.45, 7) is 1.62. The van der Waals surface area contributed by atoms with Crippen molar-refractivity contribution in [2.45, 2.75) is 6.54 Å². The van der Waals surface area contributed by atoms with E-state index < -0.39 is 0 Å². The maximum atomic E-state index is 4.60. The minimum absolute atomic E-state index is 0.729. The van der Waals surface area contributed by atoms with Gasteiger partial charge < -0.3 is 9.80 Å². The molecule has 1 aliphatic heterocycles. The summed E-state index contributed by atoms with van der Waals surface area (Å²) in [4.78, 5) is 8.96. The van der Waals surface area contributed by atoms with Crippen LogP contribution in [0.4, 0.5) is 5.69 Å². The minimum atomic E-state index is 0.729. The van der Waals surface area contributed by atoms with Crippen molar-refractivity contribution in [1.82, 2.24) is 4.90 Å². The molecule has 0 radical (unpaired) electrons. The van der Waals surface area contributed by atoms with Gasteiger partial charge in [0.25, 0.3) is 0 Å². The zero-order valence-electron chi connectivity index (χ0n) is 12.0. The molecule has 1 aliphatic rings. The summed E-state index contributed by atoms with van der Waals surface area (Å²) in [5, 5.41) is 2.29. The van der Waals surface area contributed by atoms with Gasteiger partial charge in [0.05, 0.1) is 5.36 Å². The van der Waals surface area contributed by atoms with E-state index in [9.17, 15) is 0 Å². The molecule has 3 heteroatoms. The van der Waals surface area contributed by atoms with Crippen molar-refractivity contribution in [3.63, 3.8) is 0 Å². The van der Waals surface area contributed by atoms with Crippen LogP contribution in [0.5, 0.6) is 0 Å². The molecule has 3 nitrogen and oxygen atoms in total. The first-order chi connectivity index (χ1) is 9.72. The summed E-state index contributed by atoms with van der Waals surface area (Å²) < 4.78 is 0. The van der Waals surface area contributed by atoms with Crippen LogP contribution in [0.3, 0.4) is 0 Å². The van der Waals surface area contributed by atoms with Crippen LogP contribution in [-0.4, -0.2) is 25.7 Å². The molecule has 3 rings (SSSR count). The Hall–Kier alpha value is -2.29. The van der Waals surface area contributed by atoms with Gasteiger partial charge in [-0.3, -0.25) is 4.99 Å². The average molecular weight is 265 g/mol. The van der Waals surface area contributed by atoms with Gasteiger partial charge in [0.1, 0.15) is 6.67 Å². The van der Waals surface area contributed by atoms with Crippen molar-refractivity contribution in [2.75, 3.05) is 25.7 Å². The maximum Gasteiger partial charge on any atom is 0.110 e. The third-order valence-corrected chi connectivity index (χ3v) is 3.52. The average Bonchev–Trinajstić information content (AvgIpc) is 2.48. The summed E-state index contributed by atoms with van der Waals surface area (Å²) in [6.07, 6.45) is 2.20. The standard InChI is InChI=1S/C17H19N3/c1-19(2)16-9-7-14(8-10-16)11-20-12-15-5-3-4-6-17(15)18-13-20/h3-10,12H,11,13H2,1-2H3. The van der Waals surface area contributed by atoms with Crippen molar-refractivity contribution in [3.05, 3.63) is 64.7 Å². The van der Waals surface area contributed by atoms with Crippen LogP contribution < -0.4 is 15.5 Å². The zero-order valence-corrected chi connectivity index (χ0v) is 12.0. The van der Waals surface area contributed by atoms with E-state index in [0.717, 1.165) is 18.6 Å². The molecule has 0 atom stereocenters. The Balaban J connectivity index is 1.78. The molecule has 0 N–H and O–H groups in total. The van der Waals surface area contributed by atoms with Crippen molar-refractivity contribution in [3.8, 4) is 0 Å². The van der Waals surface area contributed by atoms with E-state index in [-0.39, 0.29) is 0 Å². The number of hydrogen-bond donors (Lipinski definition) is 0. The molecule has 0 amide bonds. The molecule has 20 heavy (non-hydrogen) atoms. The lowest BCUT2D eigenvalue weighted by molar-refractivity contribution is 0.407. The highest BCUT2D eigenvalue weighted by Gasteiger charge is 2.05. The van der Waals surface area contributed by atoms with Gasteiger partial charge in [-0.25, -0.2) is 0 Å². The second-order valence-electron chi connectivity index (χ2n) is 5.30. The van der Waals surface area contributed by atoms with Crippen LogP contribution in [0, 0.1) is 0 Å². The van der Waals surface area contributed by atoms with E-state index >= 15 is 0 Å². The lowest BCUT2D eigenvalue weighted by atomic mass is 10.2. The largest absolute Gasteiger partial charge is 0.378 e. The molecular formula is C17H19N3. The minimum Gasteiger partial charge on any atom is -0.378 e. The lowest BCUT2D eigenvalue weighted by Crippen LogP contribution is -2.35. The van der Waals surface area contributed by atoms with Gasteiger partial charge in [0, 0.05) is 37.7 Å². The van der Waals surface area contributed by atoms with E-state index in [2.05, 4.69) is 77.6 Å². The Kier molecular flexibility index (Phi) is 3.42. The highest BCUT2D eigenvalue weighted by atomic mass is 15.2. The van der Waals surface area contributed by atoms with E-state index in [0.29, 0.717) is 0 Å². The number of benzene rings is 2. The molecule has 1 heterocycles. The maximum absolute atomic E-state index is 4.60. The normalized spacial score (nSPS) is 13.2. The molecule has 2 aromatic rings. The number of anilines is 1. The molecule has 2 aromatic carbocycles. The monoisotopic (exact) mass is 265 g/mol. The van der Waals surface area contributed by atoms with Crippen molar-refractivity contribution in [2.24, 2.45) is 4.99 Å². The molecule has 0 unspecified atom stereocenters. The number of rotatable bonds is 3. The highest BCUT2D eigenvalue weighted by Crippen LogP contribution is 2.14. The Morgan fingerprint density at radius 3 is 2.55 bits per heavy atom. The Morgan fingerprint density at radius 1 is 1.05 bits per heavy atom. The third-order valence-electron chi connectivity index (χ3n) is 3.52. The number of fused-ring (bicyclic) bond motifs is 1. The van der Waals surface area contributed by atoms with E-state index in [1.165, 1.54) is 16.5 Å². The van der Waals surface area contributed by atoms with E-state index in [4.69, 9.17) is 0 Å². The van der Waals surface area contributed by atoms with Crippen molar-refractivity contribution < 1.29 is 0 Å². The van der Waals surface area contributed by atoms with Gasteiger partial charge in [-0.05, 0) is 23.8 Å². The van der Waals surface area contributed by atoms with Crippen LogP contribution >= 0.6 is 0 Å². The fourth-order valence-electron chi connectivity index (χ4n) is 2.37. The van der Waals surface area contributed by atoms with Crippen LogP contribution in [0.25, 0.3) is 6.20 Å². The Labute approximate surface area is 119 Å². The van der Waals surface area contributed by atoms with Gasteiger partial charge >= 0.3 is 0 Å². The number of para-hydroxylation sites is 1. The number of hydrogen-bond acceptors (Lipinski definition) is 3. The molecule has 0 aromatic heterocycles. The Morgan fingerprint density at radius 2 is 1.80 bits per heavy atom. The van der Waals surface area contributed by atoms with Gasteiger partial charge in [-0.2, -0.15) is 0 Å². The van der Waals surface area contributed by atoms with Gasteiger partial charge in [0.15, 0.2) is 0 Å². The predicted octanol–water partition coefficient (Wildman–Crippen LogP) is 1.58. The zero-order chi connectivity index (χ0) is 13.9. The van der Waals surface area contributed by atoms with Crippen molar-refractivity contribution in [1.29, 1.82) is 0 Å². The summed E-state index contributed by atoms with van der Waals surface area (Å²) in [5.74, 6) is 0. The molecule has 0 aliphatic carbocycles. The van der Waals surface area contributed by atoms with Gasteiger partial charge in [-0.15, -0.1) is 0 Å². The first kappa shape index (κ1) is 12.7.